The molecule has 0 spiro atoms. The summed E-state index contributed by atoms with van der Waals surface area (Å²) in [6.45, 7) is 5.55. The van der Waals surface area contributed by atoms with Crippen LogP contribution in [0.25, 0.3) is 0 Å². The van der Waals surface area contributed by atoms with Gasteiger partial charge in [0.2, 0.25) is 0 Å². The van der Waals surface area contributed by atoms with Gasteiger partial charge in [0.15, 0.2) is 24.6 Å². The monoisotopic (exact) mass is 1100 g/mol. The van der Waals surface area contributed by atoms with E-state index in [0.717, 1.165) is 135 Å². The van der Waals surface area contributed by atoms with Crippen LogP contribution in [0.1, 0.15) is 201 Å². The maximum Gasteiger partial charge on any atom is 0.335 e. The number of esters is 3. The van der Waals surface area contributed by atoms with Crippen molar-refractivity contribution in [2.45, 2.75) is 237 Å². The van der Waals surface area contributed by atoms with Gasteiger partial charge in [-0.25, -0.2) is 4.79 Å². The lowest BCUT2D eigenvalue weighted by Gasteiger charge is -2.40. The van der Waals surface area contributed by atoms with Gasteiger partial charge in [0.25, 0.3) is 0 Å². The highest BCUT2D eigenvalue weighted by atomic mass is 16.7. The zero-order valence-corrected chi connectivity index (χ0v) is 48.5. The molecule has 0 radical (unpaired) electrons. The Kier molecular flexibility index (Phi) is 48.3. The quantitative estimate of drug-likeness (QED) is 0.0228. The minimum Gasteiger partial charge on any atom is -0.479 e. The van der Waals surface area contributed by atoms with Gasteiger partial charge in [-0.3, -0.25) is 14.4 Å². The van der Waals surface area contributed by atoms with Crippen LogP contribution >= 0.6 is 0 Å². The fraction of sp³-hybridized carbons (Fsp3) is 0.582. The molecule has 0 aromatic carbocycles. The SMILES string of the molecule is CC/C=C\C/C=C\C/C=C\C/C=C\C/C=C\C/C=C\CCC(=O)OCC(COC1OC(C(=O)O)C(O)C(O)C1OC(=O)CCCCCCC/C=C\C/C=C\C/C=C\CC)OC(=O)CCCCCCC/C=C\C/C=C\C/C=C\CC. The number of aliphatic carboxylic acids is 1. The van der Waals surface area contributed by atoms with Crippen molar-refractivity contribution < 1.29 is 58.2 Å². The van der Waals surface area contributed by atoms with Crippen LogP contribution in [0.3, 0.4) is 0 Å². The zero-order valence-electron chi connectivity index (χ0n) is 48.5. The van der Waals surface area contributed by atoms with E-state index in [0.29, 0.717) is 25.7 Å². The number of carboxylic acid groups (broad SMARTS) is 1. The fourth-order valence-electron chi connectivity index (χ4n) is 7.95. The number of aliphatic hydroxyl groups is 2. The molecule has 1 rings (SSSR count). The summed E-state index contributed by atoms with van der Waals surface area (Å²) in [5.74, 6) is -3.30. The van der Waals surface area contributed by atoms with E-state index >= 15 is 0 Å². The third kappa shape index (κ3) is 43.1. The summed E-state index contributed by atoms with van der Waals surface area (Å²) in [6.07, 6.45) is 64.0. The first-order valence-electron chi connectivity index (χ1n) is 29.8. The van der Waals surface area contributed by atoms with Crippen molar-refractivity contribution in [3.05, 3.63) is 146 Å². The summed E-state index contributed by atoms with van der Waals surface area (Å²) in [5, 5.41) is 31.5. The van der Waals surface area contributed by atoms with Crippen molar-refractivity contribution in [1.29, 1.82) is 0 Å². The Morgan fingerprint density at radius 2 is 0.785 bits per heavy atom. The van der Waals surface area contributed by atoms with E-state index in [-0.39, 0.29) is 25.9 Å². The van der Waals surface area contributed by atoms with Crippen molar-refractivity contribution in [3.8, 4) is 0 Å². The third-order valence-electron chi connectivity index (χ3n) is 12.4. The molecule has 6 unspecified atom stereocenters. The first-order chi connectivity index (χ1) is 38.6. The second-order valence-electron chi connectivity index (χ2n) is 19.5. The topological polar surface area (TPSA) is 175 Å². The number of aliphatic hydroxyl groups excluding tert-OH is 2. The molecule has 1 fully saturated rings. The summed E-state index contributed by atoms with van der Waals surface area (Å²) in [5.41, 5.74) is 0. The number of carbonyl (C=O) groups excluding carboxylic acids is 3. The molecule has 1 aliphatic rings. The maximum absolute atomic E-state index is 13.2. The summed E-state index contributed by atoms with van der Waals surface area (Å²) in [7, 11) is 0. The second-order valence-corrected chi connectivity index (χ2v) is 19.5. The van der Waals surface area contributed by atoms with E-state index in [2.05, 4.69) is 154 Å². The first-order valence-corrected chi connectivity index (χ1v) is 29.8. The number of rotatable bonds is 48. The van der Waals surface area contributed by atoms with Crippen LogP contribution in [0.2, 0.25) is 0 Å². The second kappa shape index (κ2) is 53.3. The molecular weight excluding hydrogens is 997 g/mol. The molecule has 1 heterocycles. The lowest BCUT2D eigenvalue weighted by Crippen LogP contribution is -2.61. The van der Waals surface area contributed by atoms with Gasteiger partial charge < -0.3 is 39.0 Å². The van der Waals surface area contributed by atoms with E-state index < -0.39 is 67.3 Å². The number of carboxylic acids is 1. The van der Waals surface area contributed by atoms with Gasteiger partial charge in [0.05, 0.1) is 6.61 Å². The Morgan fingerprint density at radius 1 is 0.418 bits per heavy atom. The van der Waals surface area contributed by atoms with Crippen molar-refractivity contribution in [1.82, 2.24) is 0 Å². The molecule has 0 bridgehead atoms. The molecule has 6 atom stereocenters. The van der Waals surface area contributed by atoms with E-state index in [9.17, 15) is 34.5 Å². The van der Waals surface area contributed by atoms with Gasteiger partial charge in [-0.2, -0.15) is 0 Å². The third-order valence-corrected chi connectivity index (χ3v) is 12.4. The summed E-state index contributed by atoms with van der Waals surface area (Å²) < 4.78 is 28.3. The maximum atomic E-state index is 13.2. The van der Waals surface area contributed by atoms with E-state index in [4.69, 9.17) is 23.7 Å². The number of unbranched alkanes of at least 4 members (excludes halogenated alkanes) is 10. The Hall–Kier alpha value is -5.40. The Bertz CT molecular complexity index is 1930. The highest BCUT2D eigenvalue weighted by Gasteiger charge is 2.50. The minimum atomic E-state index is -1.93. The van der Waals surface area contributed by atoms with Crippen LogP contribution in [-0.4, -0.2) is 89.2 Å². The molecule has 0 aromatic rings. The van der Waals surface area contributed by atoms with Gasteiger partial charge >= 0.3 is 23.9 Å². The van der Waals surface area contributed by atoms with Crippen LogP contribution < -0.4 is 0 Å². The van der Waals surface area contributed by atoms with E-state index in [1.807, 2.05) is 12.2 Å². The smallest absolute Gasteiger partial charge is 0.335 e. The molecular formula is C67H102O12. The molecule has 0 aromatic heterocycles. The lowest BCUT2D eigenvalue weighted by atomic mass is 9.98. The van der Waals surface area contributed by atoms with E-state index in [1.165, 1.54) is 0 Å². The van der Waals surface area contributed by atoms with Crippen molar-refractivity contribution in [3.63, 3.8) is 0 Å². The lowest BCUT2D eigenvalue weighted by molar-refractivity contribution is -0.301. The number of hydrogen-bond acceptors (Lipinski definition) is 11. The molecule has 442 valence electrons. The Morgan fingerprint density at radius 3 is 1.20 bits per heavy atom. The highest BCUT2D eigenvalue weighted by molar-refractivity contribution is 5.74. The average molecular weight is 1100 g/mol. The van der Waals surface area contributed by atoms with Crippen LogP contribution in [0.15, 0.2) is 146 Å². The van der Waals surface area contributed by atoms with Crippen LogP contribution in [-0.2, 0) is 42.9 Å². The molecule has 0 aliphatic carbocycles. The van der Waals surface area contributed by atoms with Gasteiger partial charge in [0, 0.05) is 19.3 Å². The molecule has 12 nitrogen and oxygen atoms in total. The van der Waals surface area contributed by atoms with Gasteiger partial charge in [-0.05, 0) is 122 Å². The zero-order chi connectivity index (χ0) is 57.5. The van der Waals surface area contributed by atoms with Crippen molar-refractivity contribution in [2.75, 3.05) is 13.2 Å². The predicted octanol–water partition coefficient (Wildman–Crippen LogP) is 15.6. The number of carbonyl (C=O) groups is 4. The predicted molar refractivity (Wildman–Crippen MR) is 321 cm³/mol. The fourth-order valence-corrected chi connectivity index (χ4v) is 7.95. The van der Waals surface area contributed by atoms with Crippen LogP contribution in [0.4, 0.5) is 0 Å². The Labute approximate surface area is 476 Å². The molecule has 0 saturated carbocycles. The summed E-state index contributed by atoms with van der Waals surface area (Å²) >= 11 is 0. The standard InChI is InChI=1S/C67H102O12/c1-4-7-10-13-16-19-22-25-28-29-30-31-34-35-38-41-44-47-50-53-59(68)75-56-58(77-60(69)54-51-48-45-42-39-36-32-26-23-20-17-14-11-8-5-2)57-76-67-65(63(72)62(71)64(79-67)66(73)74)78-61(70)55-52-49-46-43-40-37-33-27-24-21-18-15-12-9-6-3/h7-12,16-21,25-28,30-33,35,38,44,47,58,62-65,67,71-72H,4-6,13-15,22-24,29,34,36-37,39-43,45-46,48-57H2,1-3H3,(H,73,74)/b10-7-,11-8-,12-9-,19-16-,20-17-,21-18-,28-25-,31-30-,32-26-,33-27-,38-35-,47-44-. The molecule has 1 saturated heterocycles. The summed E-state index contributed by atoms with van der Waals surface area (Å²) in [6, 6.07) is 0. The van der Waals surface area contributed by atoms with E-state index in [1.54, 1.807) is 0 Å². The van der Waals surface area contributed by atoms with Gasteiger partial charge in [-0.1, -0.05) is 205 Å². The van der Waals surface area contributed by atoms with Crippen LogP contribution in [0, 0.1) is 0 Å². The largest absolute Gasteiger partial charge is 0.479 e. The average Bonchev–Trinajstić information content (AvgIpc) is 3.46. The molecule has 1 aliphatic heterocycles. The number of hydrogen-bond donors (Lipinski definition) is 3. The first kappa shape index (κ1) is 71.6. The summed E-state index contributed by atoms with van der Waals surface area (Å²) in [4.78, 5) is 51.1. The highest BCUT2D eigenvalue weighted by Crippen LogP contribution is 2.26. The molecule has 3 N–H and O–H groups in total. The Balaban J connectivity index is 2.77. The number of ether oxygens (including phenoxy) is 5. The molecule has 79 heavy (non-hydrogen) atoms. The van der Waals surface area contributed by atoms with Gasteiger partial charge in [0.1, 0.15) is 18.8 Å². The number of allylic oxidation sites excluding steroid dienone is 24. The molecule has 0 amide bonds. The minimum absolute atomic E-state index is 0.0231. The van der Waals surface area contributed by atoms with Crippen molar-refractivity contribution in [2.24, 2.45) is 0 Å². The van der Waals surface area contributed by atoms with Crippen LogP contribution in [0.5, 0.6) is 0 Å². The van der Waals surface area contributed by atoms with Gasteiger partial charge in [-0.15, -0.1) is 0 Å². The molecule has 12 heteroatoms. The van der Waals surface area contributed by atoms with Crippen molar-refractivity contribution >= 4 is 23.9 Å². The normalized spacial score (nSPS) is 18.9.